The molecule has 1 unspecified atom stereocenters. The first-order chi connectivity index (χ1) is 12.1. The number of carbonyl (C=O) groups is 2. The Kier molecular flexibility index (Phi) is 7.63. The molecule has 0 aliphatic heterocycles. The molecule has 0 aliphatic rings. The molecule has 1 rings (SSSR count). The second-order valence-electron chi connectivity index (χ2n) is 6.46. The molecule has 0 aromatic heterocycles. The van der Waals surface area contributed by atoms with E-state index in [2.05, 4.69) is 0 Å². The normalized spacial score (nSPS) is 13.1. The molecule has 9 heteroatoms. The van der Waals surface area contributed by atoms with E-state index in [4.69, 9.17) is 18.7 Å². The molecular weight excluding hydrogens is 358 g/mol. The third kappa shape index (κ3) is 6.07. The molecule has 144 valence electrons. The van der Waals surface area contributed by atoms with Crippen LogP contribution in [0.5, 0.6) is 5.75 Å². The lowest BCUT2D eigenvalue weighted by molar-refractivity contribution is -0.701. The Balaban J connectivity index is 3.40. The summed E-state index contributed by atoms with van der Waals surface area (Å²) in [6.07, 6.45) is 1.14. The summed E-state index contributed by atoms with van der Waals surface area (Å²) in [5, 5.41) is 12.2. The highest BCUT2D eigenvalue weighted by atomic mass is 28.4. The summed E-state index contributed by atoms with van der Waals surface area (Å²) in [7, 11) is 1.67. The van der Waals surface area contributed by atoms with Gasteiger partial charge < -0.3 is 18.7 Å². The van der Waals surface area contributed by atoms with Crippen molar-refractivity contribution >= 4 is 26.5 Å². The first-order valence-electron chi connectivity index (χ1n) is 7.93. The number of hydrogen-bond donors (Lipinski definition) is 0. The highest BCUT2D eigenvalue weighted by Gasteiger charge is 2.40. The molecular formula is C17H25NO7Si. The molecule has 1 aromatic rings. The molecule has 26 heavy (non-hydrogen) atoms. The molecule has 0 aliphatic carbocycles. The van der Waals surface area contributed by atoms with Gasteiger partial charge in [0.15, 0.2) is 14.2 Å². The van der Waals surface area contributed by atoms with Crippen molar-refractivity contribution in [3.8, 4) is 5.75 Å². The predicted octanol–water partition coefficient (Wildman–Crippen LogP) is 2.09. The van der Waals surface area contributed by atoms with Crippen molar-refractivity contribution in [3.63, 3.8) is 0 Å². The fourth-order valence-electron chi connectivity index (χ4n) is 2.27. The Morgan fingerprint density at radius 1 is 1.04 bits per heavy atom. The van der Waals surface area contributed by atoms with Crippen molar-refractivity contribution in [2.24, 2.45) is 5.92 Å². The molecule has 0 spiro atoms. The highest BCUT2D eigenvalue weighted by molar-refractivity contribution is 6.69. The van der Waals surface area contributed by atoms with E-state index in [1.165, 1.54) is 7.11 Å². The average molecular weight is 383 g/mol. The summed E-state index contributed by atoms with van der Waals surface area (Å²) in [6, 6.07) is 6.63. The van der Waals surface area contributed by atoms with Crippen LogP contribution in [0.1, 0.15) is 11.5 Å². The maximum atomic E-state index is 12.2. The molecule has 1 aromatic carbocycles. The molecule has 0 fully saturated rings. The molecule has 0 amide bonds. The zero-order valence-electron chi connectivity index (χ0n) is 15.8. The van der Waals surface area contributed by atoms with Crippen LogP contribution in [0.25, 0.3) is 0 Å². The number of rotatable bonds is 8. The highest BCUT2D eigenvalue weighted by Crippen LogP contribution is 2.27. The Morgan fingerprint density at radius 2 is 1.54 bits per heavy atom. The van der Waals surface area contributed by atoms with E-state index in [1.807, 2.05) is 19.6 Å². The summed E-state index contributed by atoms with van der Waals surface area (Å²) in [5.74, 6) is -3.31. The van der Waals surface area contributed by atoms with Crippen LogP contribution in [-0.4, -0.2) is 52.7 Å². The van der Waals surface area contributed by atoms with Crippen LogP contribution in [0, 0.1) is 11.1 Å². The average Bonchev–Trinajstić information content (AvgIpc) is 2.59. The smallest absolute Gasteiger partial charge is 0.321 e. The van der Waals surface area contributed by atoms with Gasteiger partial charge in [-0.05, 0) is 17.7 Å². The Bertz CT molecular complexity index is 636. The first-order valence-corrected chi connectivity index (χ1v) is 11.3. The number of hydrogen-bond acceptors (Lipinski definition) is 7. The van der Waals surface area contributed by atoms with Gasteiger partial charge in [0.1, 0.15) is 5.75 Å². The zero-order chi connectivity index (χ0) is 19.9. The van der Waals surface area contributed by atoms with Crippen molar-refractivity contribution in [3.05, 3.63) is 35.0 Å². The topological polar surface area (TPSA) is 97.1 Å². The molecule has 0 N–H and O–H groups in total. The number of benzene rings is 1. The van der Waals surface area contributed by atoms with E-state index in [1.54, 1.807) is 24.3 Å². The van der Waals surface area contributed by atoms with Crippen LogP contribution >= 0.6 is 0 Å². The quantitative estimate of drug-likeness (QED) is 0.169. The number of methoxy groups -OCH3 is 3. The van der Waals surface area contributed by atoms with Crippen molar-refractivity contribution in [1.29, 1.82) is 0 Å². The third-order valence-corrected chi connectivity index (χ3v) is 4.14. The van der Waals surface area contributed by atoms with Gasteiger partial charge >= 0.3 is 11.9 Å². The lowest BCUT2D eigenvalue weighted by Gasteiger charge is -2.22. The van der Waals surface area contributed by atoms with Crippen LogP contribution in [-0.2, 0) is 23.6 Å². The van der Waals surface area contributed by atoms with E-state index in [0.29, 0.717) is 16.2 Å². The minimum absolute atomic E-state index is 0.306. The number of esters is 2. The molecule has 0 radical (unpaired) electrons. The monoisotopic (exact) mass is 383 g/mol. The van der Waals surface area contributed by atoms with Crippen molar-refractivity contribution < 1.29 is 33.2 Å². The van der Waals surface area contributed by atoms with Crippen LogP contribution in [0.2, 0.25) is 19.6 Å². The van der Waals surface area contributed by atoms with Crippen LogP contribution < -0.4 is 4.74 Å². The van der Waals surface area contributed by atoms with E-state index in [0.717, 1.165) is 20.4 Å². The number of carbonyl (C=O) groups excluding carboxylic acids is 2. The number of nitrogens with zero attached hydrogens (tertiary/aromatic N) is 1. The Hall–Kier alpha value is -2.55. The maximum Gasteiger partial charge on any atom is 0.321 e. The summed E-state index contributed by atoms with van der Waals surface area (Å²) < 4.78 is 19.9. The summed E-state index contributed by atoms with van der Waals surface area (Å²) in [6.45, 7) is 5.52. The predicted molar refractivity (Wildman–Crippen MR) is 97.4 cm³/mol. The molecule has 0 saturated carbocycles. The molecule has 0 bridgehead atoms. The van der Waals surface area contributed by atoms with Crippen molar-refractivity contribution in [2.45, 2.75) is 25.6 Å². The van der Waals surface area contributed by atoms with Gasteiger partial charge in [0, 0.05) is 4.90 Å². The summed E-state index contributed by atoms with van der Waals surface area (Å²) >= 11 is 0. The lowest BCUT2D eigenvalue weighted by atomic mass is 9.86. The third-order valence-electron chi connectivity index (χ3n) is 3.42. The summed E-state index contributed by atoms with van der Waals surface area (Å²) in [4.78, 5) is 24.7. The van der Waals surface area contributed by atoms with E-state index in [9.17, 15) is 14.8 Å². The second-order valence-corrected chi connectivity index (χ2v) is 10.9. The van der Waals surface area contributed by atoms with E-state index in [-0.39, 0.29) is 0 Å². The van der Waals surface area contributed by atoms with Gasteiger partial charge in [-0.25, -0.2) is 0 Å². The van der Waals surface area contributed by atoms with Gasteiger partial charge in [0.25, 0.3) is 0 Å². The van der Waals surface area contributed by atoms with Gasteiger partial charge in [0.05, 0.1) is 27.2 Å². The fraction of sp³-hybridized carbons (Fsp3) is 0.471. The SMILES string of the molecule is COC(=O)C(C(=O)OC)C(/C=[N+](\[O-])O[Si](C)(C)C)c1ccc(OC)cc1. The molecule has 8 nitrogen and oxygen atoms in total. The van der Waals surface area contributed by atoms with Crippen molar-refractivity contribution in [1.82, 2.24) is 0 Å². The summed E-state index contributed by atoms with van der Waals surface area (Å²) in [5.41, 5.74) is 0.534. The Morgan fingerprint density at radius 3 is 1.92 bits per heavy atom. The van der Waals surface area contributed by atoms with Gasteiger partial charge in [-0.15, -0.1) is 0 Å². The van der Waals surface area contributed by atoms with Gasteiger partial charge in [-0.3, -0.25) is 14.8 Å². The molecule has 0 saturated heterocycles. The molecule has 1 atom stereocenters. The first kappa shape index (κ1) is 21.5. The van der Waals surface area contributed by atoms with Crippen molar-refractivity contribution in [2.75, 3.05) is 21.3 Å². The second kappa shape index (κ2) is 9.23. The van der Waals surface area contributed by atoms with E-state index < -0.39 is 32.1 Å². The fourth-order valence-corrected chi connectivity index (χ4v) is 2.87. The van der Waals surface area contributed by atoms with Crippen LogP contribution in [0.3, 0.4) is 0 Å². The minimum Gasteiger partial charge on any atom is -0.497 e. The number of ether oxygens (including phenoxy) is 3. The maximum absolute atomic E-state index is 12.2. The van der Waals surface area contributed by atoms with Crippen LogP contribution in [0.15, 0.2) is 24.3 Å². The minimum atomic E-state index is -2.18. The molecule has 0 heterocycles. The van der Waals surface area contributed by atoms with Gasteiger partial charge in [0.2, 0.25) is 6.21 Å². The van der Waals surface area contributed by atoms with Crippen LogP contribution in [0.4, 0.5) is 0 Å². The lowest BCUT2D eigenvalue weighted by Crippen LogP contribution is -2.36. The Labute approximate surface area is 154 Å². The van der Waals surface area contributed by atoms with E-state index >= 15 is 0 Å². The standard InChI is InChI=1S/C17H25NO7Si/c1-22-13-9-7-12(8-10-13)14(11-18(21)25-26(4,5)6)15(16(19)23-2)17(20)24-3/h7-11,14-15H,1-6H3/b18-11+. The largest absolute Gasteiger partial charge is 0.497 e. The van der Waals surface area contributed by atoms with Gasteiger partial charge in [-0.2, -0.15) is 0 Å². The van der Waals surface area contributed by atoms with Gasteiger partial charge in [-0.1, -0.05) is 31.8 Å². The zero-order valence-corrected chi connectivity index (χ0v) is 16.8.